The van der Waals surface area contributed by atoms with Gasteiger partial charge in [-0.05, 0) is 156 Å². The fourth-order valence-corrected chi connectivity index (χ4v) is 11.4. The number of hydrogen-bond donors (Lipinski definition) is 1. The number of carbonyl (C=O) groups excluding carboxylic acids is 2. The Hall–Kier alpha value is -1.12. The maximum absolute atomic E-state index is 13.1. The number of amides is 1. The first-order valence-corrected chi connectivity index (χ1v) is 21.2. The lowest BCUT2D eigenvalue weighted by molar-refractivity contribution is -0.122. The van der Waals surface area contributed by atoms with Gasteiger partial charge in [0.25, 0.3) is 0 Å². The van der Waals surface area contributed by atoms with Gasteiger partial charge in [0.2, 0.25) is 5.91 Å². The molecule has 8 unspecified atom stereocenters. The van der Waals surface area contributed by atoms with E-state index in [1.165, 1.54) is 154 Å². The molecule has 4 rings (SSSR count). The highest BCUT2D eigenvalue weighted by atomic mass is 16.1. The number of Topliss-reactive ketones (excluding diaryl/α,β-unsaturated/α-hetero) is 1. The van der Waals surface area contributed by atoms with Gasteiger partial charge in [-0.15, -0.1) is 0 Å². The van der Waals surface area contributed by atoms with Gasteiger partial charge in [0.1, 0.15) is 5.78 Å². The van der Waals surface area contributed by atoms with Gasteiger partial charge < -0.3 is 10.1 Å². The number of unbranched alkanes of at least 4 members (excludes halogenated alkanes) is 11. The van der Waals surface area contributed by atoms with Gasteiger partial charge in [-0.25, -0.2) is 0 Å². The molecule has 2 bridgehead atoms. The quantitative estimate of drug-likeness (QED) is 0.105. The van der Waals surface area contributed by atoms with Gasteiger partial charge in [0, 0.05) is 18.9 Å². The van der Waals surface area contributed by atoms with Crippen molar-refractivity contribution in [2.75, 3.05) is 0 Å². The smallest absolute Gasteiger partial charge is 0.220 e. The van der Waals surface area contributed by atoms with E-state index >= 15 is 0 Å². The van der Waals surface area contributed by atoms with Crippen LogP contribution in [0.3, 0.4) is 0 Å². The molecule has 4 saturated carbocycles. The molecule has 4 aliphatic carbocycles. The molecule has 1 amide bonds. The fourth-order valence-electron chi connectivity index (χ4n) is 11.4. The maximum atomic E-state index is 13.1. The molecule has 3 nitrogen and oxygen atoms in total. The van der Waals surface area contributed by atoms with Gasteiger partial charge in [-0.2, -0.15) is 0 Å². The Morgan fingerprint density at radius 1 is 0.681 bits per heavy atom. The minimum Gasteiger partial charge on any atom is -0.353 e. The Balaban J connectivity index is 1.14. The summed E-state index contributed by atoms with van der Waals surface area (Å²) < 4.78 is 0. The summed E-state index contributed by atoms with van der Waals surface area (Å²) in [5, 5.41) is 3.56. The molecule has 0 spiro atoms. The number of fused-ring (bicyclic) bond motifs is 7. The summed E-state index contributed by atoms with van der Waals surface area (Å²) in [6.45, 7) is 9.36. The van der Waals surface area contributed by atoms with E-state index in [1.807, 2.05) is 0 Å². The minimum absolute atomic E-state index is 0.318. The van der Waals surface area contributed by atoms with Crippen molar-refractivity contribution in [1.29, 1.82) is 0 Å². The van der Waals surface area contributed by atoms with E-state index in [9.17, 15) is 9.59 Å². The van der Waals surface area contributed by atoms with Crippen LogP contribution in [-0.4, -0.2) is 17.7 Å². The van der Waals surface area contributed by atoms with E-state index in [-0.39, 0.29) is 0 Å². The zero-order valence-electron chi connectivity index (χ0n) is 31.7. The highest BCUT2D eigenvalue weighted by molar-refractivity contribution is 5.76. The average Bonchev–Trinajstić information content (AvgIpc) is 3.37. The van der Waals surface area contributed by atoms with Crippen LogP contribution in [-0.2, 0) is 9.59 Å². The Morgan fingerprint density at radius 2 is 1.36 bits per heavy atom. The Kier molecular flexibility index (Phi) is 16.4. The molecule has 0 aromatic rings. The van der Waals surface area contributed by atoms with Crippen molar-refractivity contribution in [3.8, 4) is 0 Å². The summed E-state index contributed by atoms with van der Waals surface area (Å²) in [4.78, 5) is 24.7. The van der Waals surface area contributed by atoms with Crippen LogP contribution in [0.15, 0.2) is 12.2 Å². The van der Waals surface area contributed by atoms with Crippen LogP contribution in [0.4, 0.5) is 0 Å². The van der Waals surface area contributed by atoms with E-state index in [2.05, 4.69) is 38.2 Å². The zero-order valence-corrected chi connectivity index (χ0v) is 31.7. The van der Waals surface area contributed by atoms with Crippen LogP contribution >= 0.6 is 0 Å². The van der Waals surface area contributed by atoms with E-state index in [0.29, 0.717) is 28.6 Å². The van der Waals surface area contributed by atoms with Crippen LogP contribution < -0.4 is 5.32 Å². The monoisotopic (exact) mass is 652 g/mol. The van der Waals surface area contributed by atoms with Crippen molar-refractivity contribution < 1.29 is 9.59 Å². The summed E-state index contributed by atoms with van der Waals surface area (Å²) >= 11 is 0. The molecular formula is C44H77NO2. The highest BCUT2D eigenvalue weighted by Gasteiger charge is 2.56. The van der Waals surface area contributed by atoms with Crippen LogP contribution in [0.2, 0.25) is 0 Å². The average molecular weight is 652 g/mol. The second-order valence-corrected chi connectivity index (χ2v) is 17.8. The molecule has 0 aromatic carbocycles. The van der Waals surface area contributed by atoms with E-state index in [0.717, 1.165) is 55.3 Å². The molecule has 0 radical (unpaired) electrons. The second kappa shape index (κ2) is 19.9. The molecule has 3 heteroatoms. The van der Waals surface area contributed by atoms with Gasteiger partial charge >= 0.3 is 0 Å². The normalized spacial score (nSPS) is 33.9. The van der Waals surface area contributed by atoms with Crippen LogP contribution in [0, 0.1) is 40.4 Å². The maximum Gasteiger partial charge on any atom is 0.220 e. The van der Waals surface area contributed by atoms with Gasteiger partial charge in [-0.1, -0.05) is 90.7 Å². The second-order valence-electron chi connectivity index (χ2n) is 17.8. The Labute approximate surface area is 292 Å². The molecule has 8 atom stereocenters. The lowest BCUT2D eigenvalue weighted by Gasteiger charge is -2.56. The third-order valence-corrected chi connectivity index (χ3v) is 14.4. The summed E-state index contributed by atoms with van der Waals surface area (Å²) in [5.41, 5.74) is 0.933. The lowest BCUT2D eigenvalue weighted by Crippen LogP contribution is -2.49. The van der Waals surface area contributed by atoms with Crippen molar-refractivity contribution in [2.24, 2.45) is 40.4 Å². The van der Waals surface area contributed by atoms with Crippen molar-refractivity contribution in [1.82, 2.24) is 5.32 Å². The molecule has 0 aromatic heterocycles. The molecule has 4 fully saturated rings. The van der Waals surface area contributed by atoms with Gasteiger partial charge in [-0.3, -0.25) is 4.79 Å². The van der Waals surface area contributed by atoms with Crippen LogP contribution in [0.5, 0.6) is 0 Å². The van der Waals surface area contributed by atoms with Crippen LogP contribution in [0.25, 0.3) is 0 Å². The molecule has 0 saturated heterocycles. The Bertz CT molecular complexity index is 957. The molecule has 47 heavy (non-hydrogen) atoms. The predicted octanol–water partition coefficient (Wildman–Crippen LogP) is 12.7. The molecule has 0 aliphatic heterocycles. The number of allylic oxidation sites excluding steroid dienone is 2. The summed E-state index contributed by atoms with van der Waals surface area (Å²) in [7, 11) is 0. The van der Waals surface area contributed by atoms with Crippen molar-refractivity contribution >= 4 is 11.7 Å². The van der Waals surface area contributed by atoms with Crippen molar-refractivity contribution in [3.05, 3.63) is 12.2 Å². The molecule has 0 heterocycles. The van der Waals surface area contributed by atoms with E-state index in [1.54, 1.807) is 6.92 Å². The first kappa shape index (κ1) is 38.7. The first-order valence-electron chi connectivity index (χ1n) is 21.2. The Morgan fingerprint density at radius 3 is 2.09 bits per heavy atom. The molecule has 1 N–H and O–H groups in total. The van der Waals surface area contributed by atoms with E-state index in [4.69, 9.17) is 0 Å². The molecule has 4 aliphatic rings. The number of rotatable bonds is 20. The summed E-state index contributed by atoms with van der Waals surface area (Å²) in [6, 6.07) is 0.387. The largest absolute Gasteiger partial charge is 0.353 e. The molecular weight excluding hydrogens is 574 g/mol. The summed E-state index contributed by atoms with van der Waals surface area (Å²) in [5.74, 6) is 4.94. The topological polar surface area (TPSA) is 46.2 Å². The SMILES string of the molecule is CCCCCCCC/C=C\CCCCCCCC(=O)NC1CCC2(C)CCC(CCC3C2CCC2(C)C(CCCC(C)=O)CCC32)C1. The van der Waals surface area contributed by atoms with Crippen LogP contribution in [0.1, 0.15) is 207 Å². The predicted molar refractivity (Wildman–Crippen MR) is 200 cm³/mol. The standard InChI is InChI=1S/C44H77NO2/c1-5-6-7-8-9-10-11-12-13-14-15-16-17-18-19-23-42(47)45-38-29-32-43(3)31-28-36(34-38)24-26-39-40(43)30-33-44(4)37(25-27-41(39)44)22-20-21-35(2)46/h12-13,36-41H,5-11,14-34H2,1-4H3,(H,45,47)/b13-12-. The number of hydrogen-bond acceptors (Lipinski definition) is 2. The minimum atomic E-state index is 0.318. The van der Waals surface area contributed by atoms with Crippen molar-refractivity contribution in [2.45, 2.75) is 214 Å². The molecule has 270 valence electrons. The number of ketones is 1. The van der Waals surface area contributed by atoms with Gasteiger partial charge in [0.05, 0.1) is 0 Å². The summed E-state index contributed by atoms with van der Waals surface area (Å²) in [6.07, 6.45) is 40.5. The number of carbonyl (C=O) groups is 2. The van der Waals surface area contributed by atoms with Gasteiger partial charge in [0.15, 0.2) is 0 Å². The highest BCUT2D eigenvalue weighted by Crippen LogP contribution is 2.65. The zero-order chi connectivity index (χ0) is 33.5. The third kappa shape index (κ3) is 11.7. The first-order chi connectivity index (χ1) is 22.7. The fraction of sp³-hybridized carbons (Fsp3) is 0.909. The van der Waals surface area contributed by atoms with Crippen molar-refractivity contribution in [3.63, 3.8) is 0 Å². The van der Waals surface area contributed by atoms with E-state index < -0.39 is 0 Å². The number of nitrogens with one attached hydrogen (secondary N) is 1. The third-order valence-electron chi connectivity index (χ3n) is 14.4. The lowest BCUT2D eigenvalue weighted by atomic mass is 9.49.